The summed E-state index contributed by atoms with van der Waals surface area (Å²) in [7, 11) is 2.00. The predicted molar refractivity (Wildman–Crippen MR) is 76.8 cm³/mol. The molecule has 19 heavy (non-hydrogen) atoms. The van der Waals surface area contributed by atoms with Crippen LogP contribution >= 0.6 is 0 Å². The third-order valence-electron chi connectivity index (χ3n) is 5.69. The Morgan fingerprint density at radius 1 is 1.21 bits per heavy atom. The van der Waals surface area contributed by atoms with E-state index in [0.717, 1.165) is 31.3 Å². The summed E-state index contributed by atoms with van der Waals surface area (Å²) in [5.41, 5.74) is 0. The van der Waals surface area contributed by atoms with Gasteiger partial charge in [0, 0.05) is 18.5 Å². The Labute approximate surface area is 117 Å². The molecule has 3 heteroatoms. The fraction of sp³-hybridized carbons (Fsp3) is 0.938. The molecule has 2 aliphatic carbocycles. The lowest BCUT2D eigenvalue weighted by molar-refractivity contribution is -0.141. The molecule has 3 fully saturated rings. The molecule has 3 nitrogen and oxygen atoms in total. The number of hydrogen-bond donors (Lipinski definition) is 1. The van der Waals surface area contributed by atoms with Crippen molar-refractivity contribution in [1.29, 1.82) is 0 Å². The molecule has 1 amide bonds. The number of carbonyl (C=O) groups is 1. The number of amides is 1. The zero-order valence-electron chi connectivity index (χ0n) is 12.2. The minimum atomic E-state index is 0.383. The topological polar surface area (TPSA) is 32.3 Å². The van der Waals surface area contributed by atoms with Crippen LogP contribution in [0.3, 0.4) is 0 Å². The van der Waals surface area contributed by atoms with Gasteiger partial charge < -0.3 is 10.2 Å². The average molecular weight is 264 g/mol. The van der Waals surface area contributed by atoms with E-state index < -0.39 is 0 Å². The average Bonchev–Trinajstić information content (AvgIpc) is 3.07. The van der Waals surface area contributed by atoms with Crippen molar-refractivity contribution in [1.82, 2.24) is 10.2 Å². The number of likely N-dealkylation sites (tertiary alicyclic amines) is 1. The summed E-state index contributed by atoms with van der Waals surface area (Å²) in [6, 6.07) is 0.507. The maximum Gasteiger partial charge on any atom is 0.226 e. The van der Waals surface area contributed by atoms with Crippen LogP contribution in [0.2, 0.25) is 0 Å². The van der Waals surface area contributed by atoms with Crippen molar-refractivity contribution < 1.29 is 4.79 Å². The van der Waals surface area contributed by atoms with Gasteiger partial charge in [-0.1, -0.05) is 6.42 Å². The molecule has 1 N–H and O–H groups in total. The normalized spacial score (nSPS) is 37.8. The van der Waals surface area contributed by atoms with Gasteiger partial charge >= 0.3 is 0 Å². The Hall–Kier alpha value is -0.570. The molecule has 108 valence electrons. The van der Waals surface area contributed by atoms with E-state index in [1.54, 1.807) is 0 Å². The fourth-order valence-corrected chi connectivity index (χ4v) is 4.66. The molecule has 0 aromatic rings. The van der Waals surface area contributed by atoms with Gasteiger partial charge in [-0.3, -0.25) is 4.79 Å². The van der Waals surface area contributed by atoms with Gasteiger partial charge in [0.2, 0.25) is 5.91 Å². The molecule has 1 saturated heterocycles. The Balaban J connectivity index is 1.63. The summed E-state index contributed by atoms with van der Waals surface area (Å²) < 4.78 is 0. The van der Waals surface area contributed by atoms with Crippen LogP contribution in [-0.2, 0) is 4.79 Å². The largest absolute Gasteiger partial charge is 0.339 e. The summed E-state index contributed by atoms with van der Waals surface area (Å²) in [5, 5.41) is 3.23. The summed E-state index contributed by atoms with van der Waals surface area (Å²) in [6.07, 6.45) is 10.1. The Morgan fingerprint density at radius 2 is 2.11 bits per heavy atom. The smallest absolute Gasteiger partial charge is 0.226 e. The summed E-state index contributed by atoms with van der Waals surface area (Å²) in [6.45, 7) is 2.05. The fourth-order valence-electron chi connectivity index (χ4n) is 4.66. The van der Waals surface area contributed by atoms with E-state index >= 15 is 0 Å². The Bertz CT molecular complexity index is 331. The van der Waals surface area contributed by atoms with Crippen LogP contribution in [0, 0.1) is 17.8 Å². The molecule has 1 aliphatic heterocycles. The third kappa shape index (κ3) is 2.67. The van der Waals surface area contributed by atoms with E-state index in [0.29, 0.717) is 17.9 Å². The number of rotatable bonds is 4. The molecule has 4 atom stereocenters. The van der Waals surface area contributed by atoms with Crippen LogP contribution in [0.15, 0.2) is 0 Å². The molecule has 3 aliphatic rings. The first kappa shape index (κ1) is 13.4. The Kier molecular flexibility index (Phi) is 4.11. The number of fused-ring (bicyclic) bond motifs is 2. The van der Waals surface area contributed by atoms with Crippen molar-refractivity contribution in [2.75, 3.05) is 20.1 Å². The van der Waals surface area contributed by atoms with Gasteiger partial charge in [0.1, 0.15) is 0 Å². The highest BCUT2D eigenvalue weighted by Gasteiger charge is 2.45. The van der Waals surface area contributed by atoms with Crippen molar-refractivity contribution in [3.05, 3.63) is 0 Å². The molecule has 0 radical (unpaired) electrons. The van der Waals surface area contributed by atoms with Gasteiger partial charge in [-0.05, 0) is 70.4 Å². The minimum absolute atomic E-state index is 0.383. The quantitative estimate of drug-likeness (QED) is 0.845. The van der Waals surface area contributed by atoms with E-state index in [1.807, 2.05) is 7.05 Å². The zero-order valence-corrected chi connectivity index (χ0v) is 12.2. The highest BCUT2D eigenvalue weighted by Crippen LogP contribution is 2.49. The molecular weight excluding hydrogens is 236 g/mol. The van der Waals surface area contributed by atoms with Crippen LogP contribution in [0.1, 0.15) is 51.4 Å². The second kappa shape index (κ2) is 5.82. The van der Waals surface area contributed by atoms with Crippen LogP contribution < -0.4 is 5.32 Å². The van der Waals surface area contributed by atoms with Crippen LogP contribution in [0.25, 0.3) is 0 Å². The van der Waals surface area contributed by atoms with E-state index in [1.165, 1.54) is 44.9 Å². The second-order valence-electron chi connectivity index (χ2n) is 6.85. The molecule has 0 aromatic carbocycles. The van der Waals surface area contributed by atoms with Crippen molar-refractivity contribution >= 4 is 5.91 Å². The summed E-state index contributed by atoms with van der Waals surface area (Å²) in [5.74, 6) is 2.49. The molecule has 2 bridgehead atoms. The van der Waals surface area contributed by atoms with Crippen molar-refractivity contribution in [3.63, 3.8) is 0 Å². The van der Waals surface area contributed by atoms with Crippen molar-refractivity contribution in [2.24, 2.45) is 17.8 Å². The molecule has 4 unspecified atom stereocenters. The van der Waals surface area contributed by atoms with Crippen molar-refractivity contribution in [2.45, 2.75) is 57.4 Å². The van der Waals surface area contributed by atoms with Crippen molar-refractivity contribution in [3.8, 4) is 0 Å². The van der Waals surface area contributed by atoms with Crippen LogP contribution in [0.4, 0.5) is 0 Å². The van der Waals surface area contributed by atoms with E-state index in [9.17, 15) is 4.79 Å². The lowest BCUT2D eigenvalue weighted by Gasteiger charge is -2.39. The molecule has 1 heterocycles. The van der Waals surface area contributed by atoms with E-state index in [2.05, 4.69) is 10.2 Å². The molecule has 2 saturated carbocycles. The van der Waals surface area contributed by atoms with Gasteiger partial charge in [-0.2, -0.15) is 0 Å². The highest BCUT2D eigenvalue weighted by molar-refractivity contribution is 5.80. The van der Waals surface area contributed by atoms with Crippen LogP contribution in [0.5, 0.6) is 0 Å². The predicted octanol–water partition coefficient (Wildman–Crippen LogP) is 2.41. The lowest BCUT2D eigenvalue weighted by Crippen LogP contribution is -2.48. The first-order chi connectivity index (χ1) is 9.29. The highest BCUT2D eigenvalue weighted by atomic mass is 16.2. The van der Waals surface area contributed by atoms with E-state index in [-0.39, 0.29) is 0 Å². The first-order valence-electron chi connectivity index (χ1n) is 8.24. The number of carbonyl (C=O) groups excluding carboxylic acids is 1. The zero-order chi connectivity index (χ0) is 13.2. The SMILES string of the molecule is CNCCC1CCCCN1C(=O)C1CC2CCC1C2. The van der Waals surface area contributed by atoms with Gasteiger partial charge in [0.15, 0.2) is 0 Å². The molecule has 0 spiro atoms. The van der Waals surface area contributed by atoms with E-state index in [4.69, 9.17) is 0 Å². The first-order valence-corrected chi connectivity index (χ1v) is 8.24. The second-order valence-corrected chi connectivity index (χ2v) is 6.85. The molecule has 0 aromatic heterocycles. The Morgan fingerprint density at radius 3 is 2.79 bits per heavy atom. The van der Waals surface area contributed by atoms with Gasteiger partial charge in [-0.15, -0.1) is 0 Å². The minimum Gasteiger partial charge on any atom is -0.339 e. The molecule has 3 rings (SSSR count). The number of nitrogens with one attached hydrogen (secondary N) is 1. The lowest BCUT2D eigenvalue weighted by atomic mass is 9.86. The monoisotopic (exact) mass is 264 g/mol. The maximum absolute atomic E-state index is 12.9. The molecular formula is C16H28N2O. The number of piperidine rings is 1. The standard InChI is InChI=1S/C16H28N2O/c1-17-8-7-14-4-2-3-9-18(14)16(19)15-11-12-5-6-13(15)10-12/h12-15,17H,2-11H2,1H3. The maximum atomic E-state index is 12.9. The van der Waals surface area contributed by atoms with Crippen LogP contribution in [-0.4, -0.2) is 37.0 Å². The number of hydrogen-bond acceptors (Lipinski definition) is 2. The third-order valence-corrected chi connectivity index (χ3v) is 5.69. The summed E-state index contributed by atoms with van der Waals surface area (Å²) in [4.78, 5) is 15.1. The van der Waals surface area contributed by atoms with Gasteiger partial charge in [0.05, 0.1) is 0 Å². The van der Waals surface area contributed by atoms with Gasteiger partial charge in [-0.25, -0.2) is 0 Å². The summed E-state index contributed by atoms with van der Waals surface area (Å²) >= 11 is 0. The number of nitrogens with zero attached hydrogens (tertiary/aromatic N) is 1. The van der Waals surface area contributed by atoms with Gasteiger partial charge in [0.25, 0.3) is 0 Å².